The SMILES string of the molecule is CCN(CC)C(N)=NCc1cc([N+](=O)[O-])ccc1OC. The summed E-state index contributed by atoms with van der Waals surface area (Å²) in [5.41, 5.74) is 6.52. The number of guanidine groups is 1. The normalized spacial score (nSPS) is 11.2. The van der Waals surface area contributed by atoms with Crippen molar-refractivity contribution < 1.29 is 9.66 Å². The third-order valence-corrected chi connectivity index (χ3v) is 2.97. The Hall–Kier alpha value is -2.31. The summed E-state index contributed by atoms with van der Waals surface area (Å²) in [4.78, 5) is 16.5. The minimum absolute atomic E-state index is 0.0115. The smallest absolute Gasteiger partial charge is 0.270 e. The van der Waals surface area contributed by atoms with Crippen LogP contribution in [0.3, 0.4) is 0 Å². The van der Waals surface area contributed by atoms with Gasteiger partial charge in [0.1, 0.15) is 5.75 Å². The van der Waals surface area contributed by atoms with E-state index in [1.54, 1.807) is 6.07 Å². The van der Waals surface area contributed by atoms with Crippen LogP contribution in [0, 0.1) is 10.1 Å². The van der Waals surface area contributed by atoms with E-state index in [0.717, 1.165) is 13.1 Å². The Morgan fingerprint density at radius 3 is 2.60 bits per heavy atom. The van der Waals surface area contributed by atoms with Crippen LogP contribution in [0.2, 0.25) is 0 Å². The lowest BCUT2D eigenvalue weighted by Gasteiger charge is -2.19. The van der Waals surface area contributed by atoms with Crippen LogP contribution in [0.15, 0.2) is 23.2 Å². The molecule has 0 aromatic heterocycles. The molecule has 0 fully saturated rings. The van der Waals surface area contributed by atoms with Gasteiger partial charge in [0.05, 0.1) is 18.6 Å². The van der Waals surface area contributed by atoms with Crippen LogP contribution in [0.5, 0.6) is 5.75 Å². The molecular formula is C13H20N4O3. The number of aliphatic imine (C=N–C) groups is 1. The molecule has 1 aromatic rings. The predicted molar refractivity (Wildman–Crippen MR) is 77.9 cm³/mol. The van der Waals surface area contributed by atoms with Crippen molar-refractivity contribution in [1.29, 1.82) is 0 Å². The Morgan fingerprint density at radius 2 is 2.10 bits per heavy atom. The largest absolute Gasteiger partial charge is 0.496 e. The molecule has 7 heteroatoms. The quantitative estimate of drug-likeness (QED) is 0.371. The van der Waals surface area contributed by atoms with Crippen molar-refractivity contribution in [2.45, 2.75) is 20.4 Å². The molecule has 0 heterocycles. The number of hydrogen-bond donors (Lipinski definition) is 1. The number of nitrogens with two attached hydrogens (primary N) is 1. The van der Waals surface area contributed by atoms with Gasteiger partial charge in [0.15, 0.2) is 5.96 Å². The molecule has 1 aromatic carbocycles. The molecule has 0 aliphatic rings. The molecule has 0 amide bonds. The summed E-state index contributed by atoms with van der Waals surface area (Å²) in [6.07, 6.45) is 0. The molecule has 2 N–H and O–H groups in total. The van der Waals surface area contributed by atoms with Gasteiger partial charge in [0.25, 0.3) is 5.69 Å². The van der Waals surface area contributed by atoms with Crippen molar-refractivity contribution in [2.75, 3.05) is 20.2 Å². The van der Waals surface area contributed by atoms with Crippen molar-refractivity contribution >= 4 is 11.6 Å². The summed E-state index contributed by atoms with van der Waals surface area (Å²) in [5, 5.41) is 10.8. The standard InChI is InChI=1S/C13H20N4O3/c1-4-16(5-2)13(14)15-9-10-8-11(17(18)19)6-7-12(10)20-3/h6-8H,4-5,9H2,1-3H3,(H2,14,15). The number of benzene rings is 1. The summed E-state index contributed by atoms with van der Waals surface area (Å²) < 4.78 is 5.18. The highest BCUT2D eigenvalue weighted by Gasteiger charge is 2.11. The maximum atomic E-state index is 10.8. The molecule has 0 unspecified atom stereocenters. The second kappa shape index (κ2) is 7.32. The molecule has 7 nitrogen and oxygen atoms in total. The monoisotopic (exact) mass is 280 g/mol. The molecule has 0 saturated carbocycles. The molecule has 0 bridgehead atoms. The third kappa shape index (κ3) is 3.84. The van der Waals surface area contributed by atoms with Gasteiger partial charge in [-0.25, -0.2) is 4.99 Å². The summed E-state index contributed by atoms with van der Waals surface area (Å²) in [6, 6.07) is 4.42. The highest BCUT2D eigenvalue weighted by molar-refractivity contribution is 5.78. The van der Waals surface area contributed by atoms with Gasteiger partial charge in [-0.3, -0.25) is 10.1 Å². The highest BCUT2D eigenvalue weighted by atomic mass is 16.6. The molecule has 0 aliphatic carbocycles. The lowest BCUT2D eigenvalue weighted by Crippen LogP contribution is -2.37. The number of nitrogens with zero attached hydrogens (tertiary/aromatic N) is 3. The number of nitro benzene ring substituents is 1. The number of methoxy groups -OCH3 is 1. The summed E-state index contributed by atoms with van der Waals surface area (Å²) in [5.74, 6) is 0.982. The maximum Gasteiger partial charge on any atom is 0.270 e. The Bertz CT molecular complexity index is 498. The van der Waals surface area contributed by atoms with E-state index >= 15 is 0 Å². The Morgan fingerprint density at radius 1 is 1.45 bits per heavy atom. The van der Waals surface area contributed by atoms with E-state index in [1.807, 2.05) is 18.7 Å². The van der Waals surface area contributed by atoms with Crippen molar-refractivity contribution in [3.8, 4) is 5.75 Å². The van der Waals surface area contributed by atoms with Crippen molar-refractivity contribution in [3.05, 3.63) is 33.9 Å². The maximum absolute atomic E-state index is 10.8. The summed E-state index contributed by atoms with van der Waals surface area (Å²) in [6.45, 7) is 5.74. The van der Waals surface area contributed by atoms with Crippen LogP contribution >= 0.6 is 0 Å². The van der Waals surface area contributed by atoms with Gasteiger partial charge in [-0.05, 0) is 19.9 Å². The van der Waals surface area contributed by atoms with Crippen molar-refractivity contribution in [3.63, 3.8) is 0 Å². The van der Waals surface area contributed by atoms with Crippen molar-refractivity contribution in [1.82, 2.24) is 4.90 Å². The fourth-order valence-electron chi connectivity index (χ4n) is 1.82. The summed E-state index contributed by atoms with van der Waals surface area (Å²) in [7, 11) is 1.52. The first-order valence-electron chi connectivity index (χ1n) is 6.39. The second-order valence-electron chi connectivity index (χ2n) is 4.10. The average Bonchev–Trinajstić information content (AvgIpc) is 2.45. The first kappa shape index (κ1) is 15.7. The van der Waals surface area contributed by atoms with Gasteiger partial charge in [-0.1, -0.05) is 0 Å². The molecule has 0 atom stereocenters. The van der Waals surface area contributed by atoms with Crippen LogP contribution < -0.4 is 10.5 Å². The van der Waals surface area contributed by atoms with E-state index in [1.165, 1.54) is 19.2 Å². The van der Waals surface area contributed by atoms with E-state index in [0.29, 0.717) is 17.3 Å². The van der Waals surface area contributed by atoms with Gasteiger partial charge in [0, 0.05) is 30.8 Å². The zero-order chi connectivity index (χ0) is 15.1. The lowest BCUT2D eigenvalue weighted by atomic mass is 10.2. The molecule has 110 valence electrons. The number of nitro groups is 1. The van der Waals surface area contributed by atoms with Gasteiger partial charge in [0.2, 0.25) is 0 Å². The van der Waals surface area contributed by atoms with Gasteiger partial charge >= 0.3 is 0 Å². The fourth-order valence-corrected chi connectivity index (χ4v) is 1.82. The number of rotatable bonds is 6. The fraction of sp³-hybridized carbons (Fsp3) is 0.462. The van der Waals surface area contributed by atoms with Gasteiger partial charge in [-0.2, -0.15) is 0 Å². The highest BCUT2D eigenvalue weighted by Crippen LogP contribution is 2.24. The molecule has 0 spiro atoms. The Balaban J connectivity index is 2.98. The minimum atomic E-state index is -0.444. The van der Waals surface area contributed by atoms with Gasteiger partial charge in [-0.15, -0.1) is 0 Å². The van der Waals surface area contributed by atoms with E-state index < -0.39 is 4.92 Å². The molecule has 0 saturated heterocycles. The van der Waals surface area contributed by atoms with Crippen molar-refractivity contribution in [2.24, 2.45) is 10.7 Å². The van der Waals surface area contributed by atoms with Crippen LogP contribution in [-0.4, -0.2) is 36.0 Å². The van der Waals surface area contributed by atoms with Crippen LogP contribution in [0.1, 0.15) is 19.4 Å². The van der Waals surface area contributed by atoms with Gasteiger partial charge < -0.3 is 15.4 Å². The first-order valence-corrected chi connectivity index (χ1v) is 6.39. The molecular weight excluding hydrogens is 260 g/mol. The van der Waals surface area contributed by atoms with E-state index in [4.69, 9.17) is 10.5 Å². The topological polar surface area (TPSA) is 94.0 Å². The molecule has 0 aliphatic heterocycles. The zero-order valence-corrected chi connectivity index (χ0v) is 12.0. The van der Waals surface area contributed by atoms with Crippen LogP contribution in [-0.2, 0) is 6.54 Å². The number of ether oxygens (including phenoxy) is 1. The third-order valence-electron chi connectivity index (χ3n) is 2.97. The van der Waals surface area contributed by atoms with E-state index in [9.17, 15) is 10.1 Å². The molecule has 0 radical (unpaired) electrons. The predicted octanol–water partition coefficient (Wildman–Crippen LogP) is 1.76. The van der Waals surface area contributed by atoms with Crippen LogP contribution in [0.25, 0.3) is 0 Å². The Labute approximate surface area is 118 Å². The van der Waals surface area contributed by atoms with Crippen LogP contribution in [0.4, 0.5) is 5.69 Å². The zero-order valence-electron chi connectivity index (χ0n) is 12.0. The first-order chi connectivity index (χ1) is 9.53. The molecule has 20 heavy (non-hydrogen) atoms. The minimum Gasteiger partial charge on any atom is -0.496 e. The lowest BCUT2D eigenvalue weighted by molar-refractivity contribution is -0.384. The Kier molecular flexibility index (Phi) is 5.76. The summed E-state index contributed by atoms with van der Waals surface area (Å²) >= 11 is 0. The molecule has 1 rings (SSSR count). The number of hydrogen-bond acceptors (Lipinski definition) is 4. The second-order valence-corrected chi connectivity index (χ2v) is 4.10. The van der Waals surface area contributed by atoms with E-state index in [-0.39, 0.29) is 12.2 Å². The number of non-ortho nitro benzene ring substituents is 1. The van der Waals surface area contributed by atoms with E-state index in [2.05, 4.69) is 4.99 Å². The average molecular weight is 280 g/mol.